The highest BCUT2D eigenvalue weighted by molar-refractivity contribution is 5.97. The summed E-state index contributed by atoms with van der Waals surface area (Å²) in [5, 5.41) is 3.74. The zero-order valence-electron chi connectivity index (χ0n) is 19.4. The SMILES string of the molecule is C[C@H]1[C@@H](c2ccccc2)OC(=O)N1C(=O)[C@@H](N=[N+]=[N-])[C@@H]1CCCCN1C(=O)OCc1ccccc1. The molecule has 2 heterocycles. The van der Waals surface area contributed by atoms with Gasteiger partial charge in [0.1, 0.15) is 18.8 Å². The molecule has 0 spiro atoms. The predicted molar refractivity (Wildman–Crippen MR) is 126 cm³/mol. The Balaban J connectivity index is 1.52. The molecular formula is C25H27N5O5. The van der Waals surface area contributed by atoms with Crippen molar-refractivity contribution < 1.29 is 23.9 Å². The number of hydrogen-bond acceptors (Lipinski definition) is 6. The standard InChI is InChI=1S/C25H27N5O5/c1-17-22(19-12-6-3-7-13-19)35-25(33)30(17)23(31)21(27-28-26)20-14-8-9-15-29(20)24(32)34-16-18-10-4-2-5-11-18/h2-7,10-13,17,20-22H,8-9,14-16H2,1H3/t17-,20-,21-,22-/m0/s1. The maximum atomic E-state index is 13.6. The van der Waals surface area contributed by atoms with Crippen LogP contribution in [0.2, 0.25) is 0 Å². The quantitative estimate of drug-likeness (QED) is 0.330. The van der Waals surface area contributed by atoms with Gasteiger partial charge in [0.25, 0.3) is 0 Å². The normalized spacial score (nSPS) is 22.7. The number of likely N-dealkylation sites (tertiary alicyclic amines) is 1. The number of benzene rings is 2. The number of azide groups is 1. The number of carbonyl (C=O) groups is 3. The van der Waals surface area contributed by atoms with E-state index in [0.29, 0.717) is 13.0 Å². The van der Waals surface area contributed by atoms with Gasteiger partial charge in [0.05, 0.1) is 12.1 Å². The first-order chi connectivity index (χ1) is 17.0. The third-order valence-electron chi connectivity index (χ3n) is 6.42. The van der Waals surface area contributed by atoms with Gasteiger partial charge in [-0.1, -0.05) is 65.8 Å². The van der Waals surface area contributed by atoms with Crippen LogP contribution in [0.25, 0.3) is 10.4 Å². The molecule has 3 amide bonds. The van der Waals surface area contributed by atoms with Crippen LogP contribution >= 0.6 is 0 Å². The average Bonchev–Trinajstić information content (AvgIpc) is 3.20. The molecule has 2 aliphatic rings. The molecule has 0 aliphatic carbocycles. The van der Waals surface area contributed by atoms with E-state index in [1.807, 2.05) is 60.7 Å². The largest absolute Gasteiger partial charge is 0.445 e. The van der Waals surface area contributed by atoms with E-state index in [9.17, 15) is 19.9 Å². The molecule has 10 nitrogen and oxygen atoms in total. The van der Waals surface area contributed by atoms with Gasteiger partial charge in [0.2, 0.25) is 5.91 Å². The number of piperidine rings is 1. The molecule has 2 fully saturated rings. The summed E-state index contributed by atoms with van der Waals surface area (Å²) < 4.78 is 11.0. The summed E-state index contributed by atoms with van der Waals surface area (Å²) in [7, 11) is 0. The Labute approximate surface area is 203 Å². The highest BCUT2D eigenvalue weighted by atomic mass is 16.6. The second kappa shape index (κ2) is 10.9. The lowest BCUT2D eigenvalue weighted by Crippen LogP contribution is -2.55. The van der Waals surface area contributed by atoms with E-state index in [2.05, 4.69) is 10.0 Å². The number of cyclic esters (lactones) is 1. The maximum Gasteiger partial charge on any atom is 0.417 e. The fraction of sp³-hybridized carbons (Fsp3) is 0.400. The van der Waals surface area contributed by atoms with Gasteiger partial charge in [0, 0.05) is 11.5 Å². The zero-order chi connectivity index (χ0) is 24.8. The molecule has 0 bridgehead atoms. The second-order valence-electron chi connectivity index (χ2n) is 8.61. The molecule has 4 atom stereocenters. The summed E-state index contributed by atoms with van der Waals surface area (Å²) in [5.74, 6) is -0.688. The number of ether oxygens (including phenoxy) is 2. The highest BCUT2D eigenvalue weighted by Crippen LogP contribution is 2.34. The molecule has 35 heavy (non-hydrogen) atoms. The Morgan fingerprint density at radius 3 is 2.51 bits per heavy atom. The van der Waals surface area contributed by atoms with Crippen LogP contribution in [0.15, 0.2) is 65.8 Å². The van der Waals surface area contributed by atoms with Gasteiger partial charge >= 0.3 is 12.2 Å². The molecule has 2 aromatic rings. The van der Waals surface area contributed by atoms with Crippen LogP contribution in [0.1, 0.15) is 43.4 Å². The van der Waals surface area contributed by atoms with Crippen molar-refractivity contribution in [3.63, 3.8) is 0 Å². The summed E-state index contributed by atoms with van der Waals surface area (Å²) in [6.07, 6.45) is -0.128. The van der Waals surface area contributed by atoms with Gasteiger partial charge in [0.15, 0.2) is 0 Å². The Bertz CT molecular complexity index is 1110. The van der Waals surface area contributed by atoms with Crippen molar-refractivity contribution >= 4 is 18.1 Å². The third kappa shape index (κ3) is 5.22. The minimum Gasteiger partial charge on any atom is -0.445 e. The molecule has 4 rings (SSSR count). The first-order valence-corrected chi connectivity index (χ1v) is 11.6. The van der Waals surface area contributed by atoms with E-state index in [4.69, 9.17) is 9.47 Å². The van der Waals surface area contributed by atoms with Gasteiger partial charge in [-0.05, 0) is 42.8 Å². The van der Waals surface area contributed by atoms with E-state index in [1.54, 1.807) is 6.92 Å². The lowest BCUT2D eigenvalue weighted by Gasteiger charge is -2.38. The van der Waals surface area contributed by atoms with E-state index in [0.717, 1.165) is 28.9 Å². The number of amides is 3. The third-order valence-corrected chi connectivity index (χ3v) is 6.42. The van der Waals surface area contributed by atoms with Crippen molar-refractivity contribution in [3.8, 4) is 0 Å². The van der Waals surface area contributed by atoms with E-state index in [-0.39, 0.29) is 6.61 Å². The molecule has 0 saturated carbocycles. The van der Waals surface area contributed by atoms with Crippen LogP contribution in [-0.2, 0) is 20.9 Å². The number of rotatable bonds is 6. The fourth-order valence-corrected chi connectivity index (χ4v) is 4.65. The molecular weight excluding hydrogens is 450 g/mol. The van der Waals surface area contributed by atoms with Crippen molar-refractivity contribution in [2.24, 2.45) is 5.11 Å². The molecule has 0 unspecified atom stereocenters. The van der Waals surface area contributed by atoms with Crippen LogP contribution in [0, 0.1) is 0 Å². The zero-order valence-corrected chi connectivity index (χ0v) is 19.4. The lowest BCUT2D eigenvalue weighted by molar-refractivity contribution is -0.132. The van der Waals surface area contributed by atoms with Crippen LogP contribution in [-0.4, -0.2) is 52.6 Å². The molecule has 182 valence electrons. The van der Waals surface area contributed by atoms with E-state index in [1.165, 1.54) is 4.90 Å². The number of nitrogens with zero attached hydrogens (tertiary/aromatic N) is 5. The minimum atomic E-state index is -1.28. The first-order valence-electron chi connectivity index (χ1n) is 11.6. The molecule has 0 N–H and O–H groups in total. The van der Waals surface area contributed by atoms with Crippen LogP contribution < -0.4 is 0 Å². The Morgan fingerprint density at radius 2 is 1.83 bits per heavy atom. The Morgan fingerprint density at radius 1 is 1.14 bits per heavy atom. The molecule has 2 aliphatic heterocycles. The van der Waals surface area contributed by atoms with E-state index >= 15 is 0 Å². The van der Waals surface area contributed by atoms with Crippen molar-refractivity contribution in [1.29, 1.82) is 0 Å². The van der Waals surface area contributed by atoms with Crippen LogP contribution in [0.5, 0.6) is 0 Å². The summed E-state index contributed by atoms with van der Waals surface area (Å²) in [4.78, 5) is 44.5. The summed E-state index contributed by atoms with van der Waals surface area (Å²) in [6, 6.07) is 15.8. The van der Waals surface area contributed by atoms with Gasteiger partial charge in [-0.25, -0.2) is 14.5 Å². The maximum absolute atomic E-state index is 13.6. The van der Waals surface area contributed by atoms with Gasteiger partial charge < -0.3 is 14.4 Å². The van der Waals surface area contributed by atoms with Crippen LogP contribution in [0.4, 0.5) is 9.59 Å². The van der Waals surface area contributed by atoms with Crippen molar-refractivity contribution in [3.05, 3.63) is 82.2 Å². The molecule has 10 heteroatoms. The van der Waals surface area contributed by atoms with Gasteiger partial charge in [-0.3, -0.25) is 4.79 Å². The summed E-state index contributed by atoms with van der Waals surface area (Å²) in [6.45, 7) is 2.15. The predicted octanol–water partition coefficient (Wildman–Crippen LogP) is 4.97. The number of carbonyl (C=O) groups excluding carboxylic acids is 3. The number of hydrogen-bond donors (Lipinski definition) is 0. The Hall–Kier alpha value is -4.04. The van der Waals surface area contributed by atoms with Crippen molar-refractivity contribution in [2.45, 2.75) is 57.0 Å². The van der Waals surface area contributed by atoms with Gasteiger partial charge in [-0.15, -0.1) is 0 Å². The fourth-order valence-electron chi connectivity index (χ4n) is 4.65. The minimum absolute atomic E-state index is 0.0806. The molecule has 0 radical (unpaired) electrons. The first kappa shape index (κ1) is 24.1. The lowest BCUT2D eigenvalue weighted by atomic mass is 9.94. The van der Waals surface area contributed by atoms with Crippen molar-refractivity contribution in [2.75, 3.05) is 6.54 Å². The summed E-state index contributed by atoms with van der Waals surface area (Å²) >= 11 is 0. The van der Waals surface area contributed by atoms with Crippen LogP contribution in [0.3, 0.4) is 0 Å². The Kier molecular flexibility index (Phi) is 7.52. The summed E-state index contributed by atoms with van der Waals surface area (Å²) in [5.41, 5.74) is 10.8. The van der Waals surface area contributed by atoms with Gasteiger partial charge in [-0.2, -0.15) is 0 Å². The van der Waals surface area contributed by atoms with Crippen molar-refractivity contribution in [1.82, 2.24) is 9.80 Å². The molecule has 0 aromatic heterocycles. The monoisotopic (exact) mass is 477 g/mol. The topological polar surface area (TPSA) is 125 Å². The van der Waals surface area contributed by atoms with E-state index < -0.39 is 42.3 Å². The smallest absolute Gasteiger partial charge is 0.417 e. The second-order valence-corrected chi connectivity index (χ2v) is 8.61. The average molecular weight is 478 g/mol. The highest BCUT2D eigenvalue weighted by Gasteiger charge is 2.48. The molecule has 2 saturated heterocycles. The molecule has 2 aromatic carbocycles. The number of imide groups is 1.